The van der Waals surface area contributed by atoms with Gasteiger partial charge in [0.05, 0.1) is 11.1 Å². The minimum atomic E-state index is 0.822. The van der Waals surface area contributed by atoms with Crippen molar-refractivity contribution in [1.82, 2.24) is 19.7 Å². The number of hydrogen-bond acceptors (Lipinski definition) is 3. The number of nitrogens with zero attached hydrogens (tertiary/aromatic N) is 4. The van der Waals surface area contributed by atoms with Gasteiger partial charge >= 0.3 is 0 Å². The van der Waals surface area contributed by atoms with E-state index in [0.29, 0.717) is 0 Å². The monoisotopic (exact) mass is 286 g/mol. The molecule has 0 saturated heterocycles. The fourth-order valence-electron chi connectivity index (χ4n) is 2.64. The number of para-hydroxylation sites is 1. The van der Waals surface area contributed by atoms with Crippen LogP contribution < -0.4 is 0 Å². The molecule has 0 radical (unpaired) electrons. The first-order valence-electron chi connectivity index (χ1n) is 7.15. The summed E-state index contributed by atoms with van der Waals surface area (Å²) < 4.78 is 1.90. The molecule has 2 heterocycles. The van der Waals surface area contributed by atoms with Crippen molar-refractivity contribution < 1.29 is 0 Å². The maximum absolute atomic E-state index is 4.80. The lowest BCUT2D eigenvalue weighted by Crippen LogP contribution is -2.00. The van der Waals surface area contributed by atoms with E-state index in [9.17, 15) is 0 Å². The largest absolute Gasteiger partial charge is 0.244 e. The van der Waals surface area contributed by atoms with Crippen LogP contribution in [0.2, 0.25) is 0 Å². The number of hydrogen-bond donors (Lipinski definition) is 0. The smallest absolute Gasteiger partial charge is 0.166 e. The average Bonchev–Trinajstić information content (AvgIpc) is 2.96. The highest BCUT2D eigenvalue weighted by atomic mass is 15.3. The van der Waals surface area contributed by atoms with Gasteiger partial charge in [-0.2, -0.15) is 5.10 Å². The van der Waals surface area contributed by atoms with Gasteiger partial charge in [-0.05, 0) is 18.6 Å². The highest BCUT2D eigenvalue weighted by Crippen LogP contribution is 2.28. The average molecular weight is 286 g/mol. The Balaban J connectivity index is 2.04. The van der Waals surface area contributed by atoms with E-state index in [-0.39, 0.29) is 0 Å². The topological polar surface area (TPSA) is 43.6 Å². The molecule has 106 valence electrons. The number of aryl methyl sites for hydroxylation is 1. The van der Waals surface area contributed by atoms with Crippen molar-refractivity contribution in [1.29, 1.82) is 0 Å². The molecule has 0 bridgehead atoms. The molecule has 0 unspecified atom stereocenters. The predicted octanol–water partition coefficient (Wildman–Crippen LogP) is 3.79. The second kappa shape index (κ2) is 5.07. The summed E-state index contributed by atoms with van der Waals surface area (Å²) >= 11 is 0. The molecule has 2 aromatic heterocycles. The van der Waals surface area contributed by atoms with Crippen molar-refractivity contribution in [2.75, 3.05) is 0 Å². The van der Waals surface area contributed by atoms with E-state index in [1.807, 2.05) is 41.2 Å². The number of benzene rings is 2. The molecular weight excluding hydrogens is 272 g/mol. The Labute approximate surface area is 128 Å². The first-order chi connectivity index (χ1) is 10.8. The third kappa shape index (κ3) is 1.97. The van der Waals surface area contributed by atoms with Gasteiger partial charge < -0.3 is 0 Å². The van der Waals surface area contributed by atoms with Gasteiger partial charge in [0.2, 0.25) is 0 Å². The molecule has 0 aliphatic rings. The summed E-state index contributed by atoms with van der Waals surface area (Å²) in [6.45, 7) is 2.08. The van der Waals surface area contributed by atoms with Crippen LogP contribution in [0.15, 0.2) is 67.1 Å². The van der Waals surface area contributed by atoms with Crippen LogP contribution in [-0.4, -0.2) is 19.7 Å². The minimum absolute atomic E-state index is 0.822. The molecular formula is C18H14N4. The molecule has 4 rings (SSSR count). The molecule has 4 aromatic rings. The lowest BCUT2D eigenvalue weighted by Gasteiger charge is -2.05. The van der Waals surface area contributed by atoms with E-state index in [1.54, 1.807) is 6.33 Å². The maximum atomic E-state index is 4.80. The summed E-state index contributed by atoms with van der Waals surface area (Å²) in [7, 11) is 0. The van der Waals surface area contributed by atoms with E-state index in [2.05, 4.69) is 41.2 Å². The zero-order valence-electron chi connectivity index (χ0n) is 12.1. The quantitative estimate of drug-likeness (QED) is 0.563. The van der Waals surface area contributed by atoms with Crippen molar-refractivity contribution in [2.24, 2.45) is 0 Å². The van der Waals surface area contributed by atoms with Gasteiger partial charge in [-0.25, -0.2) is 14.6 Å². The SMILES string of the molecule is Cc1ccccc1-n1nc(-c2ccccc2)c2cncnc21. The summed E-state index contributed by atoms with van der Waals surface area (Å²) in [4.78, 5) is 8.60. The Morgan fingerprint density at radius 1 is 0.909 bits per heavy atom. The van der Waals surface area contributed by atoms with Gasteiger partial charge in [0.1, 0.15) is 12.0 Å². The fraction of sp³-hybridized carbons (Fsp3) is 0.0556. The van der Waals surface area contributed by atoms with Gasteiger partial charge in [0.25, 0.3) is 0 Å². The van der Waals surface area contributed by atoms with Crippen LogP contribution >= 0.6 is 0 Å². The van der Waals surface area contributed by atoms with Crippen LogP contribution in [0.1, 0.15) is 5.56 Å². The molecule has 22 heavy (non-hydrogen) atoms. The van der Waals surface area contributed by atoms with Crippen molar-refractivity contribution in [3.05, 3.63) is 72.7 Å². The first kappa shape index (κ1) is 12.7. The second-order valence-electron chi connectivity index (χ2n) is 5.17. The third-order valence-electron chi connectivity index (χ3n) is 3.74. The van der Waals surface area contributed by atoms with E-state index < -0.39 is 0 Å². The molecule has 2 aromatic carbocycles. The Morgan fingerprint density at radius 3 is 2.50 bits per heavy atom. The maximum Gasteiger partial charge on any atom is 0.166 e. The van der Waals surface area contributed by atoms with Crippen LogP contribution in [0.3, 0.4) is 0 Å². The van der Waals surface area contributed by atoms with Crippen molar-refractivity contribution in [3.63, 3.8) is 0 Å². The Kier molecular flexibility index (Phi) is 2.93. The normalized spacial score (nSPS) is 11.0. The third-order valence-corrected chi connectivity index (χ3v) is 3.74. The summed E-state index contributed by atoms with van der Waals surface area (Å²) in [6, 6.07) is 18.3. The van der Waals surface area contributed by atoms with Crippen LogP contribution in [0, 0.1) is 6.92 Å². The molecule has 0 fully saturated rings. The Bertz CT molecular complexity index is 942. The van der Waals surface area contributed by atoms with Gasteiger partial charge in [-0.3, -0.25) is 0 Å². The summed E-state index contributed by atoms with van der Waals surface area (Å²) in [5.41, 5.74) is 4.98. The Morgan fingerprint density at radius 2 is 1.68 bits per heavy atom. The molecule has 0 aliphatic heterocycles. The number of aromatic nitrogens is 4. The van der Waals surface area contributed by atoms with Crippen LogP contribution in [0.5, 0.6) is 0 Å². The van der Waals surface area contributed by atoms with Crippen LogP contribution in [0.25, 0.3) is 28.0 Å². The highest BCUT2D eigenvalue weighted by molar-refractivity contribution is 5.91. The fourth-order valence-corrected chi connectivity index (χ4v) is 2.64. The van der Waals surface area contributed by atoms with Crippen LogP contribution in [0.4, 0.5) is 0 Å². The van der Waals surface area contributed by atoms with Crippen molar-refractivity contribution in [3.8, 4) is 16.9 Å². The molecule has 0 spiro atoms. The highest BCUT2D eigenvalue weighted by Gasteiger charge is 2.15. The molecule has 4 nitrogen and oxygen atoms in total. The minimum Gasteiger partial charge on any atom is -0.244 e. The zero-order valence-corrected chi connectivity index (χ0v) is 12.1. The van der Waals surface area contributed by atoms with Gasteiger partial charge in [-0.1, -0.05) is 48.5 Å². The summed E-state index contributed by atoms with van der Waals surface area (Å²) in [6.07, 6.45) is 3.39. The molecule has 0 N–H and O–H groups in total. The standard InChI is InChI=1S/C18H14N4/c1-13-7-5-6-10-16(13)22-18-15(11-19-12-20-18)17(21-22)14-8-3-2-4-9-14/h2-12H,1H3. The molecule has 0 saturated carbocycles. The summed E-state index contributed by atoms with van der Waals surface area (Å²) in [5.74, 6) is 0. The van der Waals surface area contributed by atoms with E-state index in [4.69, 9.17) is 5.10 Å². The second-order valence-corrected chi connectivity index (χ2v) is 5.17. The van der Waals surface area contributed by atoms with E-state index in [1.165, 1.54) is 0 Å². The predicted molar refractivity (Wildman–Crippen MR) is 86.8 cm³/mol. The molecule has 0 atom stereocenters. The van der Waals surface area contributed by atoms with Crippen molar-refractivity contribution >= 4 is 11.0 Å². The van der Waals surface area contributed by atoms with E-state index in [0.717, 1.165) is 33.5 Å². The van der Waals surface area contributed by atoms with Crippen LogP contribution in [-0.2, 0) is 0 Å². The van der Waals surface area contributed by atoms with E-state index >= 15 is 0 Å². The zero-order chi connectivity index (χ0) is 14.9. The first-order valence-corrected chi connectivity index (χ1v) is 7.15. The lowest BCUT2D eigenvalue weighted by atomic mass is 10.1. The van der Waals surface area contributed by atoms with Gasteiger partial charge in [0, 0.05) is 11.8 Å². The Hall–Kier alpha value is -3.01. The number of rotatable bonds is 2. The lowest BCUT2D eigenvalue weighted by molar-refractivity contribution is 0.891. The number of fused-ring (bicyclic) bond motifs is 1. The summed E-state index contributed by atoms with van der Waals surface area (Å²) in [5, 5.41) is 5.76. The molecule has 0 amide bonds. The van der Waals surface area contributed by atoms with Gasteiger partial charge in [-0.15, -0.1) is 0 Å². The molecule has 4 heteroatoms. The van der Waals surface area contributed by atoms with Gasteiger partial charge in [0.15, 0.2) is 5.65 Å². The molecule has 0 aliphatic carbocycles. The van der Waals surface area contributed by atoms with Crippen molar-refractivity contribution in [2.45, 2.75) is 6.92 Å².